The number of fused-ring (bicyclic) bond motifs is 1. The number of aromatic nitrogens is 2. The molecule has 0 radical (unpaired) electrons. The van der Waals surface area contributed by atoms with Crippen molar-refractivity contribution in [3.63, 3.8) is 0 Å². The van der Waals surface area contributed by atoms with Gasteiger partial charge in [-0.25, -0.2) is 9.97 Å². The number of nitrogen functional groups attached to an aromatic ring is 1. The van der Waals surface area contributed by atoms with E-state index >= 15 is 0 Å². The SMILES string of the molecule is COc1ccc(Cc2nc(N)c3c(n2)CCCC3)cc1. The minimum absolute atomic E-state index is 0.665. The molecule has 2 N–H and O–H groups in total. The first kappa shape index (κ1) is 12.9. The lowest BCUT2D eigenvalue weighted by Gasteiger charge is -2.17. The van der Waals surface area contributed by atoms with Gasteiger partial charge in [0.15, 0.2) is 0 Å². The van der Waals surface area contributed by atoms with Crippen molar-refractivity contribution in [2.75, 3.05) is 12.8 Å². The summed E-state index contributed by atoms with van der Waals surface area (Å²) in [5, 5.41) is 0. The van der Waals surface area contributed by atoms with Crippen LogP contribution in [0.2, 0.25) is 0 Å². The molecule has 1 heterocycles. The highest BCUT2D eigenvalue weighted by molar-refractivity contribution is 5.44. The third-order valence-corrected chi connectivity index (χ3v) is 3.78. The summed E-state index contributed by atoms with van der Waals surface area (Å²) < 4.78 is 5.16. The van der Waals surface area contributed by atoms with E-state index in [-0.39, 0.29) is 0 Å². The van der Waals surface area contributed by atoms with Crippen LogP contribution in [0.15, 0.2) is 24.3 Å². The number of hydrogen-bond acceptors (Lipinski definition) is 4. The summed E-state index contributed by atoms with van der Waals surface area (Å²) in [5.41, 5.74) is 9.55. The molecule has 0 saturated carbocycles. The van der Waals surface area contributed by atoms with Crippen LogP contribution in [-0.2, 0) is 19.3 Å². The standard InChI is InChI=1S/C16H19N3O/c1-20-12-8-6-11(7-9-12)10-15-18-14-5-3-2-4-13(14)16(17)19-15/h6-9H,2-5,10H2,1H3,(H2,17,18,19). The Morgan fingerprint density at radius 2 is 1.85 bits per heavy atom. The summed E-state index contributed by atoms with van der Waals surface area (Å²) in [4.78, 5) is 9.15. The largest absolute Gasteiger partial charge is 0.497 e. The summed E-state index contributed by atoms with van der Waals surface area (Å²) in [6.07, 6.45) is 5.15. The second-order valence-electron chi connectivity index (χ2n) is 5.18. The van der Waals surface area contributed by atoms with Gasteiger partial charge in [0.2, 0.25) is 0 Å². The monoisotopic (exact) mass is 269 g/mol. The van der Waals surface area contributed by atoms with Crippen LogP contribution < -0.4 is 10.5 Å². The van der Waals surface area contributed by atoms with Gasteiger partial charge in [0.05, 0.1) is 7.11 Å². The number of aryl methyl sites for hydroxylation is 1. The fraction of sp³-hybridized carbons (Fsp3) is 0.375. The van der Waals surface area contributed by atoms with Crippen LogP contribution in [0.4, 0.5) is 5.82 Å². The predicted octanol–water partition coefficient (Wildman–Crippen LogP) is 2.54. The second kappa shape index (κ2) is 5.49. The van der Waals surface area contributed by atoms with Crippen LogP contribution in [-0.4, -0.2) is 17.1 Å². The van der Waals surface area contributed by atoms with Crippen LogP contribution in [0, 0.1) is 0 Å². The van der Waals surface area contributed by atoms with E-state index in [1.54, 1.807) is 7.11 Å². The van der Waals surface area contributed by atoms with Gasteiger partial charge in [-0.05, 0) is 43.4 Å². The number of ether oxygens (including phenoxy) is 1. The van der Waals surface area contributed by atoms with Crippen molar-refractivity contribution in [1.82, 2.24) is 9.97 Å². The molecule has 0 unspecified atom stereocenters. The van der Waals surface area contributed by atoms with Crippen LogP contribution in [0.1, 0.15) is 35.5 Å². The van der Waals surface area contributed by atoms with Gasteiger partial charge in [-0.1, -0.05) is 12.1 Å². The first-order valence-electron chi connectivity index (χ1n) is 7.03. The summed E-state index contributed by atoms with van der Waals surface area (Å²) in [5.74, 6) is 2.34. The number of methoxy groups -OCH3 is 1. The van der Waals surface area contributed by atoms with E-state index in [1.165, 1.54) is 18.4 Å². The van der Waals surface area contributed by atoms with Crippen LogP contribution in [0.3, 0.4) is 0 Å². The summed E-state index contributed by atoms with van der Waals surface area (Å²) >= 11 is 0. The Bertz CT molecular complexity index is 608. The lowest BCUT2D eigenvalue weighted by atomic mass is 9.96. The minimum Gasteiger partial charge on any atom is -0.497 e. The molecule has 0 saturated heterocycles. The maximum Gasteiger partial charge on any atom is 0.135 e. The van der Waals surface area contributed by atoms with Crippen molar-refractivity contribution in [3.05, 3.63) is 46.9 Å². The van der Waals surface area contributed by atoms with Gasteiger partial charge in [-0.3, -0.25) is 0 Å². The molecule has 2 aromatic rings. The predicted molar refractivity (Wildman–Crippen MR) is 78.9 cm³/mol. The van der Waals surface area contributed by atoms with Crippen LogP contribution >= 0.6 is 0 Å². The lowest BCUT2D eigenvalue weighted by molar-refractivity contribution is 0.414. The summed E-state index contributed by atoms with van der Waals surface area (Å²) in [7, 11) is 1.67. The van der Waals surface area contributed by atoms with Crippen molar-refractivity contribution < 1.29 is 4.74 Å². The van der Waals surface area contributed by atoms with Gasteiger partial charge in [-0.2, -0.15) is 0 Å². The number of rotatable bonds is 3. The van der Waals surface area contributed by atoms with Crippen molar-refractivity contribution in [2.45, 2.75) is 32.1 Å². The van der Waals surface area contributed by atoms with Crippen LogP contribution in [0.25, 0.3) is 0 Å². The average Bonchev–Trinajstić information content (AvgIpc) is 2.48. The van der Waals surface area contributed by atoms with Gasteiger partial charge in [-0.15, -0.1) is 0 Å². The van der Waals surface area contributed by atoms with E-state index in [4.69, 9.17) is 10.5 Å². The van der Waals surface area contributed by atoms with Gasteiger partial charge < -0.3 is 10.5 Å². The molecular formula is C16H19N3O. The van der Waals surface area contributed by atoms with E-state index in [0.29, 0.717) is 12.2 Å². The molecule has 0 aliphatic heterocycles. The molecule has 1 aromatic heterocycles. The Morgan fingerprint density at radius 1 is 1.10 bits per heavy atom. The third kappa shape index (κ3) is 2.59. The number of nitrogens with zero attached hydrogens (tertiary/aromatic N) is 2. The molecule has 0 bridgehead atoms. The number of anilines is 1. The molecule has 4 heteroatoms. The maximum atomic E-state index is 6.07. The average molecular weight is 269 g/mol. The lowest BCUT2D eigenvalue weighted by Crippen LogP contribution is -2.13. The zero-order valence-electron chi connectivity index (χ0n) is 11.7. The van der Waals surface area contributed by atoms with Crippen LogP contribution in [0.5, 0.6) is 5.75 Å². The topological polar surface area (TPSA) is 61.0 Å². The number of hydrogen-bond donors (Lipinski definition) is 1. The molecule has 20 heavy (non-hydrogen) atoms. The van der Waals surface area contributed by atoms with Crippen molar-refractivity contribution in [3.8, 4) is 5.75 Å². The maximum absolute atomic E-state index is 6.07. The zero-order chi connectivity index (χ0) is 13.9. The van der Waals surface area contributed by atoms with Crippen molar-refractivity contribution >= 4 is 5.82 Å². The highest BCUT2D eigenvalue weighted by Gasteiger charge is 2.16. The molecule has 1 aromatic carbocycles. The molecule has 3 rings (SSSR count). The molecule has 4 nitrogen and oxygen atoms in total. The molecule has 0 atom stereocenters. The molecule has 1 aliphatic rings. The Labute approximate surface area is 119 Å². The highest BCUT2D eigenvalue weighted by Crippen LogP contribution is 2.24. The normalized spacial score (nSPS) is 13.8. The smallest absolute Gasteiger partial charge is 0.135 e. The molecule has 0 spiro atoms. The molecule has 1 aliphatic carbocycles. The van der Waals surface area contributed by atoms with Crippen molar-refractivity contribution in [2.24, 2.45) is 0 Å². The fourth-order valence-electron chi connectivity index (χ4n) is 2.68. The molecule has 0 fully saturated rings. The van der Waals surface area contributed by atoms with Gasteiger partial charge in [0.25, 0.3) is 0 Å². The molecule has 104 valence electrons. The fourth-order valence-corrected chi connectivity index (χ4v) is 2.68. The highest BCUT2D eigenvalue weighted by atomic mass is 16.5. The zero-order valence-corrected chi connectivity index (χ0v) is 11.7. The summed E-state index contributed by atoms with van der Waals surface area (Å²) in [6.45, 7) is 0. The van der Waals surface area contributed by atoms with Crippen molar-refractivity contribution in [1.29, 1.82) is 0 Å². The van der Waals surface area contributed by atoms with E-state index < -0.39 is 0 Å². The Morgan fingerprint density at radius 3 is 2.60 bits per heavy atom. The van der Waals surface area contributed by atoms with E-state index in [2.05, 4.69) is 9.97 Å². The minimum atomic E-state index is 0.665. The first-order valence-corrected chi connectivity index (χ1v) is 7.03. The Hall–Kier alpha value is -2.10. The quantitative estimate of drug-likeness (QED) is 0.930. The first-order chi connectivity index (χ1) is 9.76. The Balaban J connectivity index is 1.85. The van der Waals surface area contributed by atoms with Gasteiger partial charge in [0.1, 0.15) is 17.4 Å². The van der Waals surface area contributed by atoms with E-state index in [0.717, 1.165) is 35.7 Å². The van der Waals surface area contributed by atoms with E-state index in [1.807, 2.05) is 24.3 Å². The third-order valence-electron chi connectivity index (χ3n) is 3.78. The summed E-state index contributed by atoms with van der Waals surface area (Å²) in [6, 6.07) is 7.99. The van der Waals surface area contributed by atoms with Gasteiger partial charge in [0, 0.05) is 17.7 Å². The Kier molecular flexibility index (Phi) is 3.54. The second-order valence-corrected chi connectivity index (χ2v) is 5.18. The van der Waals surface area contributed by atoms with E-state index in [9.17, 15) is 0 Å². The number of nitrogens with two attached hydrogens (primary N) is 1. The van der Waals surface area contributed by atoms with Gasteiger partial charge >= 0.3 is 0 Å². The molecule has 0 amide bonds. The molecular weight excluding hydrogens is 250 g/mol. The number of benzene rings is 1.